The van der Waals surface area contributed by atoms with Crippen molar-refractivity contribution >= 4 is 62.4 Å². The largest absolute Gasteiger partial charge is 0.472 e. The lowest BCUT2D eigenvalue weighted by molar-refractivity contribution is 0.0390. The van der Waals surface area contributed by atoms with E-state index in [4.69, 9.17) is 9.15 Å². The highest BCUT2D eigenvalue weighted by molar-refractivity contribution is 6.94. The van der Waals surface area contributed by atoms with Gasteiger partial charge in [0.25, 0.3) is 6.01 Å². The molecule has 10 rings (SSSR count). The van der Waals surface area contributed by atoms with Gasteiger partial charge in [-0.2, -0.15) is 4.39 Å². The normalized spacial score (nSPS) is 18.2. The topological polar surface area (TPSA) is 33.8 Å². The van der Waals surface area contributed by atoms with Gasteiger partial charge in [-0.15, -0.1) is 0 Å². The fourth-order valence-electron chi connectivity index (χ4n) is 7.90. The smallest absolute Gasteiger partial charge is 0.341 e. The minimum absolute atomic E-state index is 0.0767. The SMILES string of the molecule is Fc1cc2c(o1)B1C3=C(CC(F)O3)N(c3ccccc3)c3cc(-n4c5ccccc5c5ccccc54)cc(c31)N2C1=CC=CCC1. The second-order valence-corrected chi connectivity index (χ2v) is 12.2. The highest BCUT2D eigenvalue weighted by atomic mass is 19.1. The van der Waals surface area contributed by atoms with Gasteiger partial charge in [-0.05, 0) is 60.8 Å². The Morgan fingerprint density at radius 2 is 1.46 bits per heavy atom. The van der Waals surface area contributed by atoms with Gasteiger partial charge in [-0.3, -0.25) is 0 Å². The number of rotatable bonds is 3. The molecule has 46 heavy (non-hydrogen) atoms. The zero-order valence-corrected chi connectivity index (χ0v) is 24.7. The molecule has 3 aliphatic heterocycles. The van der Waals surface area contributed by atoms with E-state index in [0.29, 0.717) is 17.0 Å². The Hall–Kier alpha value is -5.50. The van der Waals surface area contributed by atoms with E-state index < -0.39 is 19.1 Å². The minimum atomic E-state index is -1.52. The number of hydrogen-bond acceptors (Lipinski definition) is 4. The fourth-order valence-corrected chi connectivity index (χ4v) is 7.90. The highest BCUT2D eigenvalue weighted by Gasteiger charge is 2.52. The van der Waals surface area contributed by atoms with Gasteiger partial charge in [0.05, 0.1) is 40.2 Å². The van der Waals surface area contributed by atoms with Gasteiger partial charge < -0.3 is 23.5 Å². The summed E-state index contributed by atoms with van der Waals surface area (Å²) in [5.74, 6) is 0. The molecule has 1 atom stereocenters. The molecule has 5 nitrogen and oxygen atoms in total. The number of halogens is 2. The molecule has 8 heteroatoms. The predicted octanol–water partition coefficient (Wildman–Crippen LogP) is 8.43. The quantitative estimate of drug-likeness (QED) is 0.190. The van der Waals surface area contributed by atoms with Crippen molar-refractivity contribution in [2.45, 2.75) is 25.6 Å². The Morgan fingerprint density at radius 1 is 0.761 bits per heavy atom. The molecular weight excluding hydrogens is 579 g/mol. The second-order valence-electron chi connectivity index (χ2n) is 12.2. The number of alkyl halides is 1. The maximum atomic E-state index is 15.3. The third-order valence-corrected chi connectivity index (χ3v) is 9.66. The summed E-state index contributed by atoms with van der Waals surface area (Å²) in [6.07, 6.45) is 6.49. The van der Waals surface area contributed by atoms with Crippen molar-refractivity contribution in [3.63, 3.8) is 0 Å². The molecule has 0 bridgehead atoms. The lowest BCUT2D eigenvalue weighted by Gasteiger charge is -2.42. The monoisotopic (exact) mass is 605 g/mol. The lowest BCUT2D eigenvalue weighted by atomic mass is 9.38. The molecule has 1 unspecified atom stereocenters. The van der Waals surface area contributed by atoms with Crippen molar-refractivity contribution < 1.29 is 17.9 Å². The third kappa shape index (κ3) is 3.49. The van der Waals surface area contributed by atoms with E-state index in [0.717, 1.165) is 74.3 Å². The first kappa shape index (κ1) is 25.8. The van der Waals surface area contributed by atoms with E-state index in [1.165, 1.54) is 6.07 Å². The van der Waals surface area contributed by atoms with Crippen LogP contribution in [0.4, 0.5) is 31.5 Å². The number of fused-ring (bicyclic) bond motifs is 6. The van der Waals surface area contributed by atoms with Gasteiger partial charge in [-0.1, -0.05) is 66.7 Å². The maximum Gasteiger partial charge on any atom is 0.341 e. The van der Waals surface area contributed by atoms with Crippen molar-refractivity contribution in [2.24, 2.45) is 0 Å². The van der Waals surface area contributed by atoms with Crippen molar-refractivity contribution in [1.29, 1.82) is 0 Å². The van der Waals surface area contributed by atoms with Crippen LogP contribution in [0.5, 0.6) is 0 Å². The van der Waals surface area contributed by atoms with E-state index in [9.17, 15) is 0 Å². The van der Waals surface area contributed by atoms with Crippen LogP contribution in [0.2, 0.25) is 0 Å². The van der Waals surface area contributed by atoms with E-state index in [-0.39, 0.29) is 6.42 Å². The van der Waals surface area contributed by atoms with Crippen LogP contribution in [0.15, 0.2) is 137 Å². The van der Waals surface area contributed by atoms with Crippen LogP contribution in [-0.4, -0.2) is 17.6 Å². The number of furan rings is 1. The summed E-state index contributed by atoms with van der Waals surface area (Å²) in [7, 11) is 0. The summed E-state index contributed by atoms with van der Waals surface area (Å²) in [6.45, 7) is -0.594. The zero-order chi connectivity index (χ0) is 30.5. The molecule has 0 saturated carbocycles. The van der Waals surface area contributed by atoms with Crippen LogP contribution in [0.1, 0.15) is 19.3 Å². The molecule has 1 aliphatic carbocycles. The molecule has 5 heterocycles. The van der Waals surface area contributed by atoms with Crippen LogP contribution in [-0.2, 0) is 4.74 Å². The average Bonchev–Trinajstić information content (AvgIpc) is 3.77. The van der Waals surface area contributed by atoms with E-state index in [2.05, 4.69) is 93.3 Å². The molecule has 0 amide bonds. The summed E-state index contributed by atoms with van der Waals surface area (Å²) in [6, 6.07) is 32.0. The summed E-state index contributed by atoms with van der Waals surface area (Å²) in [5, 5.41) is 2.32. The van der Waals surface area contributed by atoms with Crippen LogP contribution in [0, 0.1) is 6.01 Å². The Kier molecular flexibility index (Phi) is 5.33. The highest BCUT2D eigenvalue weighted by Crippen LogP contribution is 2.49. The molecule has 6 aromatic rings. The van der Waals surface area contributed by atoms with Gasteiger partial charge in [-0.25, -0.2) is 4.39 Å². The van der Waals surface area contributed by atoms with Crippen LogP contribution < -0.4 is 20.9 Å². The van der Waals surface area contributed by atoms with Crippen molar-refractivity contribution in [2.75, 3.05) is 9.80 Å². The number of ether oxygens (including phenoxy) is 1. The Bertz CT molecular complexity index is 2280. The number of aromatic nitrogens is 1. The number of benzene rings is 4. The van der Waals surface area contributed by atoms with E-state index in [1.54, 1.807) is 0 Å². The molecule has 222 valence electrons. The van der Waals surface area contributed by atoms with Crippen molar-refractivity contribution in [3.8, 4) is 5.69 Å². The van der Waals surface area contributed by atoms with Gasteiger partial charge in [0.1, 0.15) is 5.66 Å². The zero-order valence-electron chi connectivity index (χ0n) is 24.7. The maximum absolute atomic E-state index is 15.3. The van der Waals surface area contributed by atoms with E-state index >= 15 is 8.78 Å². The van der Waals surface area contributed by atoms with Crippen molar-refractivity contribution in [1.82, 2.24) is 4.57 Å². The minimum Gasteiger partial charge on any atom is -0.472 e. The first-order valence-electron chi connectivity index (χ1n) is 15.7. The molecule has 0 saturated heterocycles. The van der Waals surface area contributed by atoms with Gasteiger partial charge in [0, 0.05) is 39.6 Å². The van der Waals surface area contributed by atoms with E-state index in [1.807, 2.05) is 30.3 Å². The van der Waals surface area contributed by atoms with Crippen molar-refractivity contribution in [3.05, 3.63) is 138 Å². The molecule has 0 radical (unpaired) electrons. The Balaban J connectivity index is 1.35. The molecule has 2 aromatic heterocycles. The molecule has 0 fully saturated rings. The van der Waals surface area contributed by atoms with Crippen LogP contribution in [0.25, 0.3) is 27.5 Å². The third-order valence-electron chi connectivity index (χ3n) is 9.66. The summed E-state index contributed by atoms with van der Waals surface area (Å²) < 4.78 is 44.7. The molecule has 0 N–H and O–H groups in total. The Morgan fingerprint density at radius 3 is 2.17 bits per heavy atom. The molecule has 4 aliphatic rings. The van der Waals surface area contributed by atoms with Crippen LogP contribution >= 0.6 is 0 Å². The first-order chi connectivity index (χ1) is 22.7. The standard InChI is InChI=1S/C38H26BF2N3O2/c40-34-21-32-37(45-34)39-36-30(42(32)23-11-3-1-4-12-23)19-25(44-28-17-9-7-15-26(28)27-16-8-10-18-29(27)44)20-31(36)43(24-13-5-2-6-14-24)33-22-35(41)46-38(33)39/h1-5,7-13,15-20,22,34H,6,14,21H2. The number of anilines is 4. The fraction of sp³-hybridized carbons (Fsp3) is 0.105. The first-order valence-corrected chi connectivity index (χ1v) is 15.7. The number of hydrogen-bond donors (Lipinski definition) is 0. The number of para-hydroxylation sites is 3. The summed E-state index contributed by atoms with van der Waals surface area (Å²) in [5.41, 5.74) is 9.98. The number of allylic oxidation sites excluding steroid dienone is 4. The molecular formula is C38H26BF2N3O2. The van der Waals surface area contributed by atoms with Gasteiger partial charge >= 0.3 is 6.71 Å². The van der Waals surface area contributed by atoms with Crippen LogP contribution in [0.3, 0.4) is 0 Å². The summed E-state index contributed by atoms with van der Waals surface area (Å²) in [4.78, 5) is 4.26. The van der Waals surface area contributed by atoms with Gasteiger partial charge in [0.15, 0.2) is 0 Å². The Labute approximate surface area is 264 Å². The summed E-state index contributed by atoms with van der Waals surface area (Å²) >= 11 is 0. The second kappa shape index (κ2) is 9.50. The lowest BCUT2D eigenvalue weighted by Crippen LogP contribution is -2.55. The van der Waals surface area contributed by atoms with Gasteiger partial charge in [0.2, 0.25) is 6.36 Å². The average molecular weight is 605 g/mol. The molecule has 0 spiro atoms. The molecule has 4 aromatic carbocycles. The number of nitrogens with zero attached hydrogens (tertiary/aromatic N) is 3. The predicted molar refractivity (Wildman–Crippen MR) is 179 cm³/mol.